The van der Waals surface area contributed by atoms with Crippen molar-refractivity contribution < 1.29 is 0 Å². The first kappa shape index (κ1) is 13.0. The largest absolute Gasteiger partial charge is 0.383 e. The number of hydrogen-bond donors (Lipinski definition) is 1. The van der Waals surface area contributed by atoms with Crippen LogP contribution in [0.15, 0.2) is 18.2 Å². The molecule has 0 saturated heterocycles. The number of nitriles is 1. The normalized spacial score (nSPS) is 16.7. The summed E-state index contributed by atoms with van der Waals surface area (Å²) in [5, 5.41) is 12.8. The average Bonchev–Trinajstić information content (AvgIpc) is 2.37. The van der Waals surface area contributed by atoms with Crippen LogP contribution in [0, 0.1) is 16.7 Å². The van der Waals surface area contributed by atoms with Crippen molar-refractivity contribution >= 4 is 5.69 Å². The summed E-state index contributed by atoms with van der Waals surface area (Å²) in [6.07, 6.45) is 5.37. The first-order valence-corrected chi connectivity index (χ1v) is 7.00. The molecule has 1 saturated carbocycles. The number of benzene rings is 1. The zero-order valence-electron chi connectivity index (χ0n) is 11.4. The fourth-order valence-electron chi connectivity index (χ4n) is 2.66. The summed E-state index contributed by atoms with van der Waals surface area (Å²) in [7, 11) is 0. The van der Waals surface area contributed by atoms with Gasteiger partial charge in [-0.25, -0.2) is 0 Å². The van der Waals surface area contributed by atoms with Gasteiger partial charge in [-0.15, -0.1) is 0 Å². The second-order valence-corrected chi connectivity index (χ2v) is 5.26. The SMILES string of the molecule is CCc1cccc(CC)c1NCC1(C#N)CCC1. The minimum absolute atomic E-state index is 0.105. The second kappa shape index (κ2) is 5.44. The van der Waals surface area contributed by atoms with Crippen LogP contribution in [0.2, 0.25) is 0 Å². The molecule has 1 N–H and O–H groups in total. The third-order valence-corrected chi connectivity index (χ3v) is 4.15. The van der Waals surface area contributed by atoms with Gasteiger partial charge in [0.15, 0.2) is 0 Å². The Hall–Kier alpha value is -1.49. The third-order valence-electron chi connectivity index (χ3n) is 4.15. The van der Waals surface area contributed by atoms with E-state index in [2.05, 4.69) is 43.4 Å². The van der Waals surface area contributed by atoms with Crippen molar-refractivity contribution in [1.82, 2.24) is 0 Å². The molecule has 1 aromatic rings. The molecule has 1 aliphatic carbocycles. The third kappa shape index (κ3) is 2.36. The van der Waals surface area contributed by atoms with Gasteiger partial charge in [0.1, 0.15) is 0 Å². The van der Waals surface area contributed by atoms with Gasteiger partial charge in [-0.1, -0.05) is 38.5 Å². The quantitative estimate of drug-likeness (QED) is 0.849. The number of para-hydroxylation sites is 1. The van der Waals surface area contributed by atoms with Gasteiger partial charge in [0.25, 0.3) is 0 Å². The van der Waals surface area contributed by atoms with Crippen LogP contribution < -0.4 is 5.32 Å². The summed E-state index contributed by atoms with van der Waals surface area (Å²) in [5.74, 6) is 0. The maximum absolute atomic E-state index is 9.28. The molecule has 0 heterocycles. The van der Waals surface area contributed by atoms with Gasteiger partial charge < -0.3 is 5.32 Å². The Morgan fingerprint density at radius 2 is 1.83 bits per heavy atom. The Morgan fingerprint density at radius 1 is 1.22 bits per heavy atom. The smallest absolute Gasteiger partial charge is 0.0746 e. The summed E-state index contributed by atoms with van der Waals surface area (Å²) >= 11 is 0. The Balaban J connectivity index is 2.15. The van der Waals surface area contributed by atoms with Crippen LogP contribution in [0.3, 0.4) is 0 Å². The molecule has 18 heavy (non-hydrogen) atoms. The summed E-state index contributed by atoms with van der Waals surface area (Å²) in [5.41, 5.74) is 3.89. The van der Waals surface area contributed by atoms with E-state index in [-0.39, 0.29) is 5.41 Å². The molecule has 0 atom stereocenters. The maximum atomic E-state index is 9.28. The van der Waals surface area contributed by atoms with Crippen molar-refractivity contribution in [1.29, 1.82) is 5.26 Å². The minimum Gasteiger partial charge on any atom is -0.383 e. The first-order chi connectivity index (χ1) is 8.74. The number of rotatable bonds is 5. The monoisotopic (exact) mass is 242 g/mol. The number of anilines is 1. The van der Waals surface area contributed by atoms with Gasteiger partial charge >= 0.3 is 0 Å². The molecule has 0 radical (unpaired) electrons. The lowest BCUT2D eigenvalue weighted by Crippen LogP contribution is -2.35. The topological polar surface area (TPSA) is 35.8 Å². The van der Waals surface area contributed by atoms with Gasteiger partial charge in [-0.3, -0.25) is 0 Å². The minimum atomic E-state index is -0.105. The highest BCUT2D eigenvalue weighted by Crippen LogP contribution is 2.40. The van der Waals surface area contributed by atoms with E-state index in [9.17, 15) is 5.26 Å². The van der Waals surface area contributed by atoms with Crippen LogP contribution in [0.4, 0.5) is 5.69 Å². The summed E-state index contributed by atoms with van der Waals surface area (Å²) in [6.45, 7) is 5.17. The van der Waals surface area contributed by atoms with Gasteiger partial charge in [0.2, 0.25) is 0 Å². The molecule has 0 spiro atoms. The lowest BCUT2D eigenvalue weighted by atomic mass is 9.70. The highest BCUT2D eigenvalue weighted by molar-refractivity contribution is 5.58. The molecule has 0 aromatic heterocycles. The molecule has 2 heteroatoms. The first-order valence-electron chi connectivity index (χ1n) is 7.00. The van der Waals surface area contributed by atoms with E-state index in [0.717, 1.165) is 32.2 Å². The van der Waals surface area contributed by atoms with Crippen LogP contribution in [-0.4, -0.2) is 6.54 Å². The molecule has 1 fully saturated rings. The molecule has 1 aromatic carbocycles. The summed E-state index contributed by atoms with van der Waals surface area (Å²) in [6, 6.07) is 8.99. The highest BCUT2D eigenvalue weighted by atomic mass is 14.9. The van der Waals surface area contributed by atoms with Crippen LogP contribution in [0.1, 0.15) is 44.2 Å². The molecular formula is C16H22N2. The molecule has 0 amide bonds. The van der Waals surface area contributed by atoms with Crippen molar-refractivity contribution in [2.75, 3.05) is 11.9 Å². The fourth-order valence-corrected chi connectivity index (χ4v) is 2.66. The molecule has 2 rings (SSSR count). The van der Waals surface area contributed by atoms with E-state index in [1.165, 1.54) is 23.2 Å². The summed E-state index contributed by atoms with van der Waals surface area (Å²) < 4.78 is 0. The van der Waals surface area contributed by atoms with Gasteiger partial charge in [-0.2, -0.15) is 5.26 Å². The highest BCUT2D eigenvalue weighted by Gasteiger charge is 2.37. The Kier molecular flexibility index (Phi) is 3.91. The zero-order valence-corrected chi connectivity index (χ0v) is 11.4. The molecule has 1 aliphatic rings. The predicted molar refractivity (Wildman–Crippen MR) is 75.6 cm³/mol. The standard InChI is InChI=1S/C16H22N2/c1-3-13-7-5-8-14(4-2)15(13)18-12-16(11-17)9-6-10-16/h5,7-8,18H,3-4,6,9-10,12H2,1-2H3. The Morgan fingerprint density at radius 3 is 2.22 bits per heavy atom. The second-order valence-electron chi connectivity index (χ2n) is 5.26. The zero-order chi connectivity index (χ0) is 13.0. The Bertz CT molecular complexity index is 430. The molecule has 96 valence electrons. The molecule has 0 bridgehead atoms. The van der Waals surface area contributed by atoms with E-state index in [1.54, 1.807) is 0 Å². The lowest BCUT2D eigenvalue weighted by molar-refractivity contribution is 0.233. The van der Waals surface area contributed by atoms with Crippen LogP contribution in [0.25, 0.3) is 0 Å². The molecule has 0 unspecified atom stereocenters. The number of hydrogen-bond acceptors (Lipinski definition) is 2. The van der Waals surface area contributed by atoms with E-state index in [4.69, 9.17) is 0 Å². The van der Waals surface area contributed by atoms with E-state index in [1.807, 2.05) is 0 Å². The number of nitrogens with one attached hydrogen (secondary N) is 1. The lowest BCUT2D eigenvalue weighted by Gasteiger charge is -2.36. The average molecular weight is 242 g/mol. The Labute approximate surface area is 110 Å². The molecular weight excluding hydrogens is 220 g/mol. The van der Waals surface area contributed by atoms with Gasteiger partial charge in [0, 0.05) is 12.2 Å². The van der Waals surface area contributed by atoms with E-state index in [0.29, 0.717) is 0 Å². The number of aryl methyl sites for hydroxylation is 2. The van der Waals surface area contributed by atoms with Crippen molar-refractivity contribution in [3.05, 3.63) is 29.3 Å². The molecule has 2 nitrogen and oxygen atoms in total. The van der Waals surface area contributed by atoms with E-state index >= 15 is 0 Å². The number of nitrogens with zero attached hydrogens (tertiary/aromatic N) is 1. The fraction of sp³-hybridized carbons (Fsp3) is 0.562. The van der Waals surface area contributed by atoms with Crippen LogP contribution in [-0.2, 0) is 12.8 Å². The van der Waals surface area contributed by atoms with E-state index < -0.39 is 0 Å². The van der Waals surface area contributed by atoms with Gasteiger partial charge in [0.05, 0.1) is 11.5 Å². The summed E-state index contributed by atoms with van der Waals surface area (Å²) in [4.78, 5) is 0. The van der Waals surface area contributed by atoms with Crippen molar-refractivity contribution in [2.24, 2.45) is 5.41 Å². The van der Waals surface area contributed by atoms with Crippen LogP contribution >= 0.6 is 0 Å². The van der Waals surface area contributed by atoms with Gasteiger partial charge in [-0.05, 0) is 36.8 Å². The van der Waals surface area contributed by atoms with Crippen LogP contribution in [0.5, 0.6) is 0 Å². The molecule has 0 aliphatic heterocycles. The van der Waals surface area contributed by atoms with Crippen molar-refractivity contribution in [3.63, 3.8) is 0 Å². The van der Waals surface area contributed by atoms with Crippen molar-refractivity contribution in [3.8, 4) is 6.07 Å². The predicted octanol–water partition coefficient (Wildman–Crippen LogP) is 3.92. The van der Waals surface area contributed by atoms with Crippen molar-refractivity contribution in [2.45, 2.75) is 46.0 Å². The maximum Gasteiger partial charge on any atom is 0.0746 e.